The van der Waals surface area contributed by atoms with E-state index in [9.17, 15) is 0 Å². The molecule has 1 atom stereocenters. The number of ether oxygens (including phenoxy) is 1. The van der Waals surface area contributed by atoms with E-state index in [1.807, 2.05) is 11.8 Å². The highest BCUT2D eigenvalue weighted by Gasteiger charge is 2.27. The molecule has 0 aromatic heterocycles. The van der Waals surface area contributed by atoms with Crippen LogP contribution in [0.1, 0.15) is 33.1 Å². The molecule has 86 valence electrons. The number of aliphatic imine (C=N–C) groups is 1. The van der Waals surface area contributed by atoms with Crippen LogP contribution < -0.4 is 5.32 Å². The molecule has 0 aromatic rings. The summed E-state index contributed by atoms with van der Waals surface area (Å²) in [5, 5.41) is 4.54. The maximum atomic E-state index is 5.56. The number of nitrogens with zero attached hydrogens (tertiary/aromatic N) is 1. The molecule has 1 N–H and O–H groups in total. The summed E-state index contributed by atoms with van der Waals surface area (Å²) in [6, 6.07) is 0. The fourth-order valence-electron chi connectivity index (χ4n) is 1.88. The highest BCUT2D eigenvalue weighted by Crippen LogP contribution is 2.22. The third-order valence-corrected chi connectivity index (χ3v) is 4.12. The number of rotatable bonds is 3. The van der Waals surface area contributed by atoms with Gasteiger partial charge >= 0.3 is 0 Å². The molecule has 2 aliphatic rings. The molecule has 0 aliphatic carbocycles. The van der Waals surface area contributed by atoms with E-state index in [1.54, 1.807) is 0 Å². The van der Waals surface area contributed by atoms with Gasteiger partial charge in [0.15, 0.2) is 5.17 Å². The Labute approximate surface area is 96.1 Å². The lowest BCUT2D eigenvalue weighted by Crippen LogP contribution is -2.36. The first-order valence-corrected chi connectivity index (χ1v) is 6.71. The third-order valence-electron chi connectivity index (χ3n) is 2.75. The SMILES string of the molecule is CC1(C)CSC(=NCCC2CCCO2)N1. The quantitative estimate of drug-likeness (QED) is 0.802. The largest absolute Gasteiger partial charge is 0.378 e. The molecule has 2 rings (SSSR count). The van der Waals surface area contributed by atoms with E-state index in [4.69, 9.17) is 4.74 Å². The summed E-state index contributed by atoms with van der Waals surface area (Å²) in [7, 11) is 0. The van der Waals surface area contributed by atoms with Gasteiger partial charge in [-0.2, -0.15) is 0 Å². The van der Waals surface area contributed by atoms with Crippen LogP contribution in [0, 0.1) is 0 Å². The fourth-order valence-corrected chi connectivity index (χ4v) is 2.98. The minimum atomic E-state index is 0.216. The third kappa shape index (κ3) is 3.38. The Bertz CT molecular complexity index is 247. The molecular formula is C11H20N2OS. The van der Waals surface area contributed by atoms with Crippen molar-refractivity contribution in [2.45, 2.75) is 44.8 Å². The molecule has 0 amide bonds. The number of nitrogens with one attached hydrogen (secondary N) is 1. The summed E-state index contributed by atoms with van der Waals surface area (Å²) in [6.07, 6.45) is 3.98. The average Bonchev–Trinajstić information content (AvgIpc) is 2.76. The van der Waals surface area contributed by atoms with Gasteiger partial charge in [-0.1, -0.05) is 11.8 Å². The summed E-state index contributed by atoms with van der Waals surface area (Å²) >= 11 is 1.83. The first kappa shape index (κ1) is 11.3. The van der Waals surface area contributed by atoms with Gasteiger partial charge in [0, 0.05) is 24.4 Å². The molecule has 0 spiro atoms. The van der Waals surface area contributed by atoms with Crippen molar-refractivity contribution in [1.82, 2.24) is 5.32 Å². The second kappa shape index (κ2) is 4.74. The molecule has 2 saturated heterocycles. The van der Waals surface area contributed by atoms with E-state index in [2.05, 4.69) is 24.2 Å². The maximum absolute atomic E-state index is 5.56. The van der Waals surface area contributed by atoms with Crippen LogP contribution in [0.3, 0.4) is 0 Å². The molecule has 2 aliphatic heterocycles. The normalized spacial score (nSPS) is 32.1. The van der Waals surface area contributed by atoms with Gasteiger partial charge < -0.3 is 10.1 Å². The number of hydrogen-bond donors (Lipinski definition) is 1. The molecule has 0 bridgehead atoms. The van der Waals surface area contributed by atoms with Crippen LogP contribution in [0.2, 0.25) is 0 Å². The zero-order valence-electron chi connectivity index (χ0n) is 9.58. The van der Waals surface area contributed by atoms with Gasteiger partial charge in [0.1, 0.15) is 0 Å². The minimum absolute atomic E-state index is 0.216. The molecule has 0 saturated carbocycles. The zero-order valence-corrected chi connectivity index (χ0v) is 10.4. The molecule has 15 heavy (non-hydrogen) atoms. The predicted molar refractivity (Wildman–Crippen MR) is 65.6 cm³/mol. The second-order valence-corrected chi connectivity index (χ2v) is 5.87. The van der Waals surface area contributed by atoms with Crippen molar-refractivity contribution in [3.63, 3.8) is 0 Å². The monoisotopic (exact) mass is 228 g/mol. The van der Waals surface area contributed by atoms with E-state index in [0.29, 0.717) is 6.10 Å². The fraction of sp³-hybridized carbons (Fsp3) is 0.909. The van der Waals surface area contributed by atoms with Crippen molar-refractivity contribution < 1.29 is 4.74 Å². The Hall–Kier alpha value is -0.220. The molecule has 3 nitrogen and oxygen atoms in total. The molecule has 1 unspecified atom stereocenters. The first-order chi connectivity index (χ1) is 7.16. The van der Waals surface area contributed by atoms with Crippen LogP contribution in [-0.2, 0) is 4.74 Å². The van der Waals surface area contributed by atoms with Gasteiger partial charge in [-0.05, 0) is 33.1 Å². The lowest BCUT2D eigenvalue weighted by molar-refractivity contribution is 0.106. The molecule has 4 heteroatoms. The van der Waals surface area contributed by atoms with Crippen molar-refractivity contribution in [3.05, 3.63) is 0 Å². The highest BCUT2D eigenvalue weighted by atomic mass is 32.2. The van der Waals surface area contributed by atoms with Crippen LogP contribution in [0.15, 0.2) is 4.99 Å². The summed E-state index contributed by atoms with van der Waals surface area (Å²) in [5.74, 6) is 1.12. The number of amidine groups is 1. The standard InChI is InChI=1S/C11H20N2OS/c1-11(2)8-15-10(13-11)12-6-5-9-4-3-7-14-9/h9H,3-8H2,1-2H3,(H,12,13). The first-order valence-electron chi connectivity index (χ1n) is 5.73. The van der Waals surface area contributed by atoms with Crippen LogP contribution in [-0.4, -0.2) is 35.7 Å². The van der Waals surface area contributed by atoms with E-state index >= 15 is 0 Å². The van der Waals surface area contributed by atoms with Gasteiger partial charge in [-0.15, -0.1) is 0 Å². The van der Waals surface area contributed by atoms with E-state index in [0.717, 1.165) is 30.5 Å². The summed E-state index contributed by atoms with van der Waals surface area (Å²) in [5.41, 5.74) is 0.216. The lowest BCUT2D eigenvalue weighted by atomic mass is 10.1. The molecule has 2 heterocycles. The smallest absolute Gasteiger partial charge is 0.157 e. The Morgan fingerprint density at radius 3 is 3.07 bits per heavy atom. The predicted octanol–water partition coefficient (Wildman–Crippen LogP) is 2.03. The van der Waals surface area contributed by atoms with Gasteiger partial charge in [0.05, 0.1) is 6.10 Å². The van der Waals surface area contributed by atoms with Crippen molar-refractivity contribution >= 4 is 16.9 Å². The van der Waals surface area contributed by atoms with Crippen molar-refractivity contribution in [2.75, 3.05) is 18.9 Å². The summed E-state index contributed by atoms with van der Waals surface area (Å²) in [4.78, 5) is 4.57. The Morgan fingerprint density at radius 2 is 2.47 bits per heavy atom. The molecule has 2 fully saturated rings. The van der Waals surface area contributed by atoms with Gasteiger partial charge in [0.25, 0.3) is 0 Å². The Morgan fingerprint density at radius 1 is 1.60 bits per heavy atom. The number of thioether (sulfide) groups is 1. The topological polar surface area (TPSA) is 33.6 Å². The molecule has 0 aromatic carbocycles. The van der Waals surface area contributed by atoms with Gasteiger partial charge in [-0.25, -0.2) is 0 Å². The second-order valence-electron chi connectivity index (χ2n) is 4.91. The van der Waals surface area contributed by atoms with Crippen LogP contribution in [0.4, 0.5) is 0 Å². The highest BCUT2D eigenvalue weighted by molar-refractivity contribution is 8.14. The van der Waals surface area contributed by atoms with Crippen LogP contribution in [0.5, 0.6) is 0 Å². The van der Waals surface area contributed by atoms with Crippen LogP contribution in [0.25, 0.3) is 0 Å². The minimum Gasteiger partial charge on any atom is -0.378 e. The lowest BCUT2D eigenvalue weighted by Gasteiger charge is -2.15. The zero-order chi connectivity index (χ0) is 10.7. The van der Waals surface area contributed by atoms with E-state index < -0.39 is 0 Å². The molecule has 0 radical (unpaired) electrons. The van der Waals surface area contributed by atoms with Crippen LogP contribution >= 0.6 is 11.8 Å². The van der Waals surface area contributed by atoms with Gasteiger partial charge in [0.2, 0.25) is 0 Å². The van der Waals surface area contributed by atoms with E-state index in [-0.39, 0.29) is 5.54 Å². The average molecular weight is 228 g/mol. The summed E-state index contributed by atoms with van der Waals surface area (Å²) in [6.45, 7) is 6.27. The van der Waals surface area contributed by atoms with Crippen molar-refractivity contribution in [3.8, 4) is 0 Å². The Balaban J connectivity index is 1.70. The van der Waals surface area contributed by atoms with Crippen molar-refractivity contribution in [1.29, 1.82) is 0 Å². The molecular weight excluding hydrogens is 208 g/mol. The Kier molecular flexibility index (Phi) is 3.57. The summed E-state index contributed by atoms with van der Waals surface area (Å²) < 4.78 is 5.56. The maximum Gasteiger partial charge on any atom is 0.157 e. The van der Waals surface area contributed by atoms with Crippen molar-refractivity contribution in [2.24, 2.45) is 4.99 Å². The number of hydrogen-bond acceptors (Lipinski definition) is 3. The van der Waals surface area contributed by atoms with E-state index in [1.165, 1.54) is 12.8 Å². The van der Waals surface area contributed by atoms with Gasteiger partial charge in [-0.3, -0.25) is 4.99 Å².